The number of carboxylic acids is 1. The topological polar surface area (TPSA) is 114 Å². The summed E-state index contributed by atoms with van der Waals surface area (Å²) in [5.41, 5.74) is 4.12. The quantitative estimate of drug-likeness (QED) is 0.356. The predicted molar refractivity (Wildman–Crippen MR) is 141 cm³/mol. The molecule has 0 heterocycles. The molecule has 0 aromatic heterocycles. The minimum Gasteiger partial charge on any atom is -0.480 e. The Balaban J connectivity index is 1.41. The Kier molecular flexibility index (Phi) is 9.69. The number of hydrogen-bond acceptors (Lipinski definition) is 5. The molecule has 1 aliphatic carbocycles. The molecule has 0 unspecified atom stereocenters. The van der Waals surface area contributed by atoms with Gasteiger partial charge in [-0.1, -0.05) is 55.5 Å². The Morgan fingerprint density at radius 2 is 1.57 bits per heavy atom. The number of aliphatic carboxylic acids is 1. The van der Waals surface area contributed by atoms with Crippen LogP contribution in [0.15, 0.2) is 48.5 Å². The van der Waals surface area contributed by atoms with Crippen LogP contribution in [0.25, 0.3) is 11.1 Å². The molecule has 0 saturated heterocycles. The van der Waals surface area contributed by atoms with Crippen LogP contribution in [-0.2, 0) is 19.1 Å². The van der Waals surface area contributed by atoms with E-state index >= 15 is 0 Å². The molecule has 8 nitrogen and oxygen atoms in total. The second kappa shape index (κ2) is 12.7. The molecule has 0 spiro atoms. The first kappa shape index (κ1) is 28.2. The van der Waals surface area contributed by atoms with E-state index in [2.05, 4.69) is 22.8 Å². The van der Waals surface area contributed by atoms with Crippen molar-refractivity contribution in [2.45, 2.75) is 64.5 Å². The highest BCUT2D eigenvalue weighted by Gasteiger charge is 2.29. The minimum absolute atomic E-state index is 0.0961. The fraction of sp³-hybridized carbons (Fsp3) is 0.483. The van der Waals surface area contributed by atoms with E-state index in [4.69, 9.17) is 9.47 Å². The van der Waals surface area contributed by atoms with Crippen molar-refractivity contribution in [1.29, 1.82) is 0 Å². The molecule has 1 aliphatic rings. The summed E-state index contributed by atoms with van der Waals surface area (Å²) in [7, 11) is 0. The number of ether oxygens (including phenoxy) is 2. The molecular formula is C29H38N2O6. The van der Waals surface area contributed by atoms with Crippen molar-refractivity contribution in [3.8, 4) is 11.1 Å². The lowest BCUT2D eigenvalue weighted by atomic mass is 9.98. The Morgan fingerprint density at radius 3 is 2.14 bits per heavy atom. The first-order chi connectivity index (χ1) is 17.6. The van der Waals surface area contributed by atoms with E-state index in [-0.39, 0.29) is 36.4 Å². The highest BCUT2D eigenvalue weighted by atomic mass is 16.5. The lowest BCUT2D eigenvalue weighted by Gasteiger charge is -2.22. The minimum atomic E-state index is -1.12. The van der Waals surface area contributed by atoms with Crippen LogP contribution in [0, 0.1) is 5.92 Å². The van der Waals surface area contributed by atoms with Crippen LogP contribution in [0.2, 0.25) is 0 Å². The van der Waals surface area contributed by atoms with Gasteiger partial charge in [-0.2, -0.15) is 0 Å². The second-order valence-electron chi connectivity index (χ2n) is 10.5. The van der Waals surface area contributed by atoms with Gasteiger partial charge in [-0.05, 0) is 62.3 Å². The van der Waals surface area contributed by atoms with E-state index in [0.29, 0.717) is 26.0 Å². The highest BCUT2D eigenvalue weighted by molar-refractivity contribution is 5.81. The number of carbonyl (C=O) groups excluding carboxylic acids is 2. The van der Waals surface area contributed by atoms with E-state index < -0.39 is 18.1 Å². The third kappa shape index (κ3) is 8.05. The van der Waals surface area contributed by atoms with Gasteiger partial charge in [0, 0.05) is 12.5 Å². The van der Waals surface area contributed by atoms with E-state index in [1.54, 1.807) is 6.92 Å². The molecule has 8 heteroatoms. The number of benzene rings is 2. The molecule has 3 rings (SSSR count). The van der Waals surface area contributed by atoms with Crippen LogP contribution >= 0.6 is 0 Å². The average molecular weight is 511 g/mol. The number of rotatable bonds is 12. The number of amides is 2. The van der Waals surface area contributed by atoms with E-state index in [1.165, 1.54) is 0 Å². The van der Waals surface area contributed by atoms with E-state index in [1.807, 2.05) is 57.2 Å². The van der Waals surface area contributed by atoms with Crippen molar-refractivity contribution in [1.82, 2.24) is 10.6 Å². The predicted octanol–water partition coefficient (Wildman–Crippen LogP) is 4.72. The summed E-state index contributed by atoms with van der Waals surface area (Å²) < 4.78 is 11.1. The zero-order valence-electron chi connectivity index (χ0n) is 22.1. The number of carboxylic acid groups (broad SMARTS) is 1. The first-order valence-corrected chi connectivity index (χ1v) is 12.8. The summed E-state index contributed by atoms with van der Waals surface area (Å²) in [5.74, 6) is -1.59. The fourth-order valence-electron chi connectivity index (χ4n) is 4.35. The molecule has 0 radical (unpaired) electrons. The van der Waals surface area contributed by atoms with Gasteiger partial charge >= 0.3 is 12.1 Å². The molecular weight excluding hydrogens is 472 g/mol. The van der Waals surface area contributed by atoms with Crippen LogP contribution in [0.4, 0.5) is 4.79 Å². The summed E-state index contributed by atoms with van der Waals surface area (Å²) >= 11 is 0. The van der Waals surface area contributed by atoms with E-state index in [9.17, 15) is 19.5 Å². The van der Waals surface area contributed by atoms with Gasteiger partial charge in [0.15, 0.2) is 0 Å². The van der Waals surface area contributed by atoms with Crippen molar-refractivity contribution >= 4 is 18.0 Å². The lowest BCUT2D eigenvalue weighted by Crippen LogP contribution is -2.41. The Bertz CT molecular complexity index is 1050. The molecule has 200 valence electrons. The molecule has 0 fully saturated rings. The summed E-state index contributed by atoms with van der Waals surface area (Å²) in [6, 6.07) is 15.0. The SMILES string of the molecule is C[C@H](COC(C)(C)C)C(=O)NCCCC[C@H](NC(=O)OCC1c2ccccc2-c2ccccc21)C(=O)O. The largest absolute Gasteiger partial charge is 0.480 e. The van der Waals surface area contributed by atoms with Crippen molar-refractivity contribution in [2.75, 3.05) is 19.8 Å². The van der Waals surface area contributed by atoms with Gasteiger partial charge in [-0.3, -0.25) is 4.79 Å². The van der Waals surface area contributed by atoms with Gasteiger partial charge in [-0.25, -0.2) is 9.59 Å². The number of carbonyl (C=O) groups is 3. The van der Waals surface area contributed by atoms with E-state index in [0.717, 1.165) is 22.3 Å². The van der Waals surface area contributed by atoms with Gasteiger partial charge in [-0.15, -0.1) is 0 Å². The average Bonchev–Trinajstić information content (AvgIpc) is 3.18. The fourth-order valence-corrected chi connectivity index (χ4v) is 4.35. The Hall–Kier alpha value is -3.39. The van der Waals surface area contributed by atoms with Gasteiger partial charge in [0.2, 0.25) is 5.91 Å². The molecule has 2 aromatic carbocycles. The van der Waals surface area contributed by atoms with Crippen LogP contribution in [0.5, 0.6) is 0 Å². The van der Waals surface area contributed by atoms with Gasteiger partial charge in [0.25, 0.3) is 0 Å². The van der Waals surface area contributed by atoms with Gasteiger partial charge in [0.1, 0.15) is 12.6 Å². The maximum absolute atomic E-state index is 12.5. The maximum atomic E-state index is 12.5. The van der Waals surface area contributed by atoms with Crippen molar-refractivity contribution in [2.24, 2.45) is 5.92 Å². The Morgan fingerprint density at radius 1 is 0.973 bits per heavy atom. The lowest BCUT2D eigenvalue weighted by molar-refractivity contribution is -0.139. The number of hydrogen-bond donors (Lipinski definition) is 3. The molecule has 0 aliphatic heterocycles. The van der Waals surface area contributed by atoms with Crippen LogP contribution in [-0.4, -0.2) is 54.5 Å². The summed E-state index contributed by atoms with van der Waals surface area (Å²) in [6.07, 6.45) is 0.593. The molecule has 3 N–H and O–H groups in total. The molecule has 0 bridgehead atoms. The zero-order valence-corrected chi connectivity index (χ0v) is 22.1. The normalized spacial score (nSPS) is 14.3. The van der Waals surface area contributed by atoms with Crippen LogP contribution in [0.1, 0.15) is 64.0 Å². The zero-order chi connectivity index (χ0) is 27.0. The third-order valence-electron chi connectivity index (χ3n) is 6.37. The van der Waals surface area contributed by atoms with Gasteiger partial charge in [0.05, 0.1) is 18.1 Å². The number of nitrogens with one attached hydrogen (secondary N) is 2. The highest BCUT2D eigenvalue weighted by Crippen LogP contribution is 2.44. The maximum Gasteiger partial charge on any atom is 0.407 e. The molecule has 2 amide bonds. The summed E-state index contributed by atoms with van der Waals surface area (Å²) in [6.45, 7) is 8.50. The smallest absolute Gasteiger partial charge is 0.407 e. The first-order valence-electron chi connectivity index (χ1n) is 12.8. The molecule has 0 saturated carbocycles. The van der Waals surface area contributed by atoms with Crippen molar-refractivity contribution < 1.29 is 29.0 Å². The molecule has 2 atom stereocenters. The number of alkyl carbamates (subject to hydrolysis) is 1. The van der Waals surface area contributed by atoms with Gasteiger partial charge < -0.3 is 25.2 Å². The third-order valence-corrected chi connectivity index (χ3v) is 6.37. The number of unbranched alkanes of at least 4 members (excludes halogenated alkanes) is 1. The van der Waals surface area contributed by atoms with Crippen molar-refractivity contribution in [3.05, 3.63) is 59.7 Å². The monoisotopic (exact) mass is 510 g/mol. The van der Waals surface area contributed by atoms with Crippen LogP contribution in [0.3, 0.4) is 0 Å². The standard InChI is InChI=1S/C29H38N2O6/c1-19(17-37-29(2,3)4)26(32)30-16-10-9-15-25(27(33)34)31-28(35)36-18-24-22-13-7-5-11-20(22)21-12-6-8-14-23(21)24/h5-8,11-14,19,24-25H,9-10,15-18H2,1-4H3,(H,30,32)(H,31,35)(H,33,34)/t19-,25+/m1/s1. The summed E-state index contributed by atoms with van der Waals surface area (Å²) in [4.78, 5) is 36.3. The van der Waals surface area contributed by atoms with Crippen LogP contribution < -0.4 is 10.6 Å². The molecule has 37 heavy (non-hydrogen) atoms. The second-order valence-corrected chi connectivity index (χ2v) is 10.5. The van der Waals surface area contributed by atoms with Crippen molar-refractivity contribution in [3.63, 3.8) is 0 Å². The molecule has 2 aromatic rings. The summed E-state index contributed by atoms with van der Waals surface area (Å²) in [5, 5.41) is 14.9. The number of fused-ring (bicyclic) bond motifs is 3. The Labute approximate surface area is 218 Å².